The lowest BCUT2D eigenvalue weighted by molar-refractivity contribution is -0.123. The first-order valence-electron chi connectivity index (χ1n) is 8.98. The third-order valence-electron chi connectivity index (χ3n) is 4.69. The molecular weight excluding hydrogens is 401 g/mol. The van der Waals surface area contributed by atoms with Crippen LogP contribution in [0.4, 0.5) is 18.9 Å². The lowest BCUT2D eigenvalue weighted by Gasteiger charge is -2.18. The topological polar surface area (TPSA) is 58.2 Å². The van der Waals surface area contributed by atoms with Crippen LogP contribution < -0.4 is 10.6 Å². The summed E-state index contributed by atoms with van der Waals surface area (Å²) in [5.74, 6) is -5.63. The van der Waals surface area contributed by atoms with Gasteiger partial charge in [-0.2, -0.15) is 0 Å². The van der Waals surface area contributed by atoms with Crippen molar-refractivity contribution in [2.75, 3.05) is 11.9 Å². The summed E-state index contributed by atoms with van der Waals surface area (Å²) in [4.78, 5) is 25.3. The fourth-order valence-corrected chi connectivity index (χ4v) is 3.94. The highest BCUT2D eigenvalue weighted by atomic mass is 32.2. The van der Waals surface area contributed by atoms with Gasteiger partial charge < -0.3 is 10.6 Å². The number of anilines is 1. The van der Waals surface area contributed by atoms with Crippen molar-refractivity contribution < 1.29 is 22.8 Å². The third kappa shape index (κ3) is 5.32. The molecule has 0 aliphatic rings. The molecule has 2 amide bonds. The van der Waals surface area contributed by atoms with Crippen molar-refractivity contribution in [2.45, 2.75) is 44.8 Å². The van der Waals surface area contributed by atoms with Gasteiger partial charge in [-0.1, -0.05) is 6.07 Å². The van der Waals surface area contributed by atoms with Gasteiger partial charge in [0.05, 0.1) is 17.5 Å². The summed E-state index contributed by atoms with van der Waals surface area (Å²) in [5, 5.41) is 4.12. The van der Waals surface area contributed by atoms with Crippen LogP contribution in [-0.2, 0) is 9.59 Å². The fourth-order valence-electron chi connectivity index (χ4n) is 2.72. The maximum absolute atomic E-state index is 13.6. The van der Waals surface area contributed by atoms with Gasteiger partial charge in [0, 0.05) is 4.90 Å². The van der Waals surface area contributed by atoms with Crippen LogP contribution in [-0.4, -0.2) is 23.6 Å². The Kier molecular flexibility index (Phi) is 7.35. The minimum atomic E-state index is -1.67. The monoisotopic (exact) mass is 424 g/mol. The van der Waals surface area contributed by atoms with E-state index in [1.165, 1.54) is 11.8 Å². The average Bonchev–Trinajstić information content (AvgIpc) is 2.68. The number of amides is 2. The number of halogens is 3. The smallest absolute Gasteiger partial charge is 0.243 e. The molecule has 0 aliphatic heterocycles. The molecular formula is C21H23F3N2O2S. The number of carbonyl (C=O) groups excluding carboxylic acids is 2. The summed E-state index contributed by atoms with van der Waals surface area (Å²) in [5.41, 5.74) is 3.98. The zero-order valence-corrected chi connectivity index (χ0v) is 17.7. The van der Waals surface area contributed by atoms with E-state index in [9.17, 15) is 22.8 Å². The lowest BCUT2D eigenvalue weighted by atomic mass is 10.0. The molecule has 0 spiro atoms. The highest BCUT2D eigenvalue weighted by Crippen LogP contribution is 2.33. The quantitative estimate of drug-likeness (QED) is 0.528. The Hall–Kier alpha value is -2.48. The van der Waals surface area contributed by atoms with E-state index in [4.69, 9.17) is 0 Å². The molecule has 0 bridgehead atoms. The molecule has 0 aromatic heterocycles. The van der Waals surface area contributed by atoms with Gasteiger partial charge >= 0.3 is 0 Å². The van der Waals surface area contributed by atoms with Crippen molar-refractivity contribution >= 4 is 29.3 Å². The molecule has 0 saturated heterocycles. The van der Waals surface area contributed by atoms with Crippen LogP contribution in [0, 0.1) is 45.1 Å². The van der Waals surface area contributed by atoms with E-state index in [2.05, 4.69) is 16.7 Å². The summed E-state index contributed by atoms with van der Waals surface area (Å²) in [6.07, 6.45) is 0. The average molecular weight is 424 g/mol. The number of hydrogen-bond acceptors (Lipinski definition) is 3. The predicted octanol–water partition coefficient (Wildman–Crippen LogP) is 4.57. The van der Waals surface area contributed by atoms with Crippen LogP contribution in [0.1, 0.15) is 29.2 Å². The molecule has 4 nitrogen and oxygen atoms in total. The van der Waals surface area contributed by atoms with Crippen molar-refractivity contribution in [3.8, 4) is 0 Å². The van der Waals surface area contributed by atoms with Gasteiger partial charge in [-0.25, -0.2) is 13.2 Å². The normalized spacial score (nSPS) is 11.9. The van der Waals surface area contributed by atoms with Gasteiger partial charge in [0.15, 0.2) is 17.5 Å². The zero-order chi connectivity index (χ0) is 21.9. The highest BCUT2D eigenvalue weighted by molar-refractivity contribution is 8.00. The number of thioether (sulfide) groups is 1. The minimum Gasteiger partial charge on any atom is -0.346 e. The van der Waals surface area contributed by atoms with E-state index in [1.807, 2.05) is 27.7 Å². The van der Waals surface area contributed by atoms with E-state index in [-0.39, 0.29) is 5.91 Å². The van der Waals surface area contributed by atoms with Crippen molar-refractivity contribution in [3.63, 3.8) is 0 Å². The Morgan fingerprint density at radius 2 is 1.59 bits per heavy atom. The number of benzene rings is 2. The van der Waals surface area contributed by atoms with Gasteiger partial charge in [-0.15, -0.1) is 11.8 Å². The molecule has 1 atom stereocenters. The van der Waals surface area contributed by atoms with Crippen LogP contribution in [0.25, 0.3) is 0 Å². The number of rotatable bonds is 6. The van der Waals surface area contributed by atoms with Gasteiger partial charge in [-0.3, -0.25) is 9.59 Å². The first-order chi connectivity index (χ1) is 13.5. The minimum absolute atomic E-state index is 0.367. The fraction of sp³-hybridized carbons (Fsp3) is 0.333. The van der Waals surface area contributed by atoms with Crippen molar-refractivity contribution in [1.82, 2.24) is 5.32 Å². The Labute approximate surface area is 172 Å². The van der Waals surface area contributed by atoms with Crippen LogP contribution in [0.2, 0.25) is 0 Å². The molecule has 2 aromatic rings. The maximum Gasteiger partial charge on any atom is 0.243 e. The Morgan fingerprint density at radius 1 is 1.00 bits per heavy atom. The van der Waals surface area contributed by atoms with Gasteiger partial charge in [0.1, 0.15) is 0 Å². The number of hydrogen-bond donors (Lipinski definition) is 2. The van der Waals surface area contributed by atoms with Crippen LogP contribution in [0.3, 0.4) is 0 Å². The summed E-state index contributed by atoms with van der Waals surface area (Å²) in [6, 6.07) is 3.72. The van der Waals surface area contributed by atoms with Crippen LogP contribution >= 0.6 is 11.8 Å². The predicted molar refractivity (Wildman–Crippen MR) is 109 cm³/mol. The molecule has 8 heteroatoms. The number of nitrogens with one attached hydrogen (secondary N) is 2. The maximum atomic E-state index is 13.6. The van der Waals surface area contributed by atoms with Gasteiger partial charge in [-0.05, 0) is 69.0 Å². The first kappa shape index (κ1) is 22.8. The molecule has 0 aliphatic carbocycles. The van der Waals surface area contributed by atoms with E-state index in [0.717, 1.165) is 33.2 Å². The van der Waals surface area contributed by atoms with Crippen molar-refractivity contribution in [3.05, 3.63) is 57.9 Å². The molecule has 2 N–H and O–H groups in total. The second kappa shape index (κ2) is 9.35. The lowest BCUT2D eigenvalue weighted by Crippen LogP contribution is -2.37. The Bertz CT molecular complexity index is 937. The standard InChI is InChI=1S/C21H23F3N2O2S/c1-10-8-11(2)13(4)20(12(10)3)29-14(5)21(28)25-9-17(27)26-16-7-6-15(22)18(23)19(16)24/h6-8,14H,9H2,1-5H3,(H,25,28)(H,26,27)/t14-/m1/s1. The molecule has 0 fully saturated rings. The number of aryl methyl sites for hydroxylation is 2. The molecule has 0 saturated carbocycles. The van der Waals surface area contributed by atoms with E-state index >= 15 is 0 Å². The van der Waals surface area contributed by atoms with Gasteiger partial charge in [0.2, 0.25) is 11.8 Å². The van der Waals surface area contributed by atoms with Gasteiger partial charge in [0.25, 0.3) is 0 Å². The highest BCUT2D eigenvalue weighted by Gasteiger charge is 2.20. The SMILES string of the molecule is Cc1cc(C)c(C)c(S[C@H](C)C(=O)NCC(=O)Nc2ccc(F)c(F)c2F)c1C. The molecule has 29 heavy (non-hydrogen) atoms. The molecule has 0 heterocycles. The molecule has 0 radical (unpaired) electrons. The number of carbonyl (C=O) groups is 2. The summed E-state index contributed by atoms with van der Waals surface area (Å²) in [6.45, 7) is 9.32. The molecule has 2 rings (SSSR count). The second-order valence-electron chi connectivity index (χ2n) is 6.84. The van der Waals surface area contributed by atoms with Crippen LogP contribution in [0.5, 0.6) is 0 Å². The first-order valence-corrected chi connectivity index (χ1v) is 9.86. The third-order valence-corrected chi connectivity index (χ3v) is 6.11. The molecule has 2 aromatic carbocycles. The zero-order valence-electron chi connectivity index (χ0n) is 16.9. The van der Waals surface area contributed by atoms with Crippen molar-refractivity contribution in [2.24, 2.45) is 0 Å². The van der Waals surface area contributed by atoms with E-state index < -0.39 is 40.8 Å². The second-order valence-corrected chi connectivity index (χ2v) is 8.19. The largest absolute Gasteiger partial charge is 0.346 e. The van der Waals surface area contributed by atoms with E-state index in [0.29, 0.717) is 6.07 Å². The summed E-state index contributed by atoms with van der Waals surface area (Å²) < 4.78 is 39.8. The summed E-state index contributed by atoms with van der Waals surface area (Å²) >= 11 is 1.40. The van der Waals surface area contributed by atoms with Crippen molar-refractivity contribution in [1.29, 1.82) is 0 Å². The molecule has 156 valence electrons. The Balaban J connectivity index is 1.97. The van der Waals surface area contributed by atoms with E-state index in [1.54, 1.807) is 6.92 Å². The Morgan fingerprint density at radius 3 is 2.17 bits per heavy atom. The van der Waals surface area contributed by atoms with Crippen LogP contribution in [0.15, 0.2) is 23.1 Å². The molecule has 0 unspecified atom stereocenters. The summed E-state index contributed by atoms with van der Waals surface area (Å²) in [7, 11) is 0.